The summed E-state index contributed by atoms with van der Waals surface area (Å²) >= 11 is 0. The molecule has 1 heterocycles. The Hall–Kier alpha value is -2.14. The van der Waals surface area contributed by atoms with Crippen molar-refractivity contribution in [3.63, 3.8) is 0 Å². The lowest BCUT2D eigenvalue weighted by Crippen LogP contribution is -2.33. The second-order valence-corrected chi connectivity index (χ2v) is 9.19. The molecule has 0 unspecified atom stereocenters. The number of carbonyl (C=O) groups is 2. The van der Waals surface area contributed by atoms with Crippen LogP contribution in [-0.2, 0) is 16.0 Å². The predicted octanol–water partition coefficient (Wildman–Crippen LogP) is 5.37. The number of rotatable bonds is 16. The van der Waals surface area contributed by atoms with Crippen LogP contribution < -0.4 is 0 Å². The molecule has 32 heavy (non-hydrogen) atoms. The Kier molecular flexibility index (Phi) is 12.1. The average molecular weight is 444 g/mol. The van der Waals surface area contributed by atoms with Gasteiger partial charge in [0.15, 0.2) is 0 Å². The van der Waals surface area contributed by atoms with Gasteiger partial charge in [-0.25, -0.2) is 0 Å². The van der Waals surface area contributed by atoms with E-state index < -0.39 is 12.1 Å². The fourth-order valence-electron chi connectivity index (χ4n) is 4.38. The van der Waals surface area contributed by atoms with Gasteiger partial charge in [-0.05, 0) is 50.0 Å². The van der Waals surface area contributed by atoms with Gasteiger partial charge in [0, 0.05) is 19.4 Å². The molecule has 2 N–H and O–H groups in total. The Morgan fingerprint density at radius 2 is 1.81 bits per heavy atom. The Bertz CT molecular complexity index is 703. The maximum Gasteiger partial charge on any atom is 0.303 e. The van der Waals surface area contributed by atoms with Gasteiger partial charge in [0.25, 0.3) is 0 Å². The van der Waals surface area contributed by atoms with E-state index in [9.17, 15) is 14.7 Å². The number of carboxylic acids is 1. The first-order valence-corrected chi connectivity index (χ1v) is 12.4. The standard InChI is InChI=1S/C27H41NO4/c1-22(12-6-4-7-13-23-14-8-5-9-15-23)25(29)19-17-24-18-20-26(30)28(24)21-11-3-2-10-16-27(31)32/h5,8-9,14-15,17,19,22,24-25,29H,2-4,6-7,10-13,16,18,20-21H2,1H3,(H,31,32)/b19-17+/t22-,24-,25+/m0/s1. The summed E-state index contributed by atoms with van der Waals surface area (Å²) in [6.07, 6.45) is 14.1. The van der Waals surface area contributed by atoms with Gasteiger partial charge in [-0.1, -0.05) is 75.1 Å². The number of unbranched alkanes of at least 4 members (excludes halogenated alkanes) is 5. The number of hydrogen-bond acceptors (Lipinski definition) is 3. The third kappa shape index (κ3) is 9.99. The number of likely N-dealkylation sites (tertiary alicyclic amines) is 1. The van der Waals surface area contributed by atoms with Crippen molar-refractivity contribution >= 4 is 11.9 Å². The molecule has 1 aromatic rings. The van der Waals surface area contributed by atoms with Gasteiger partial charge < -0.3 is 15.1 Å². The number of aliphatic carboxylic acids is 1. The Morgan fingerprint density at radius 1 is 1.09 bits per heavy atom. The van der Waals surface area contributed by atoms with Crippen LogP contribution in [0.1, 0.15) is 83.1 Å². The largest absolute Gasteiger partial charge is 0.481 e. The van der Waals surface area contributed by atoms with E-state index in [1.807, 2.05) is 23.1 Å². The van der Waals surface area contributed by atoms with Gasteiger partial charge in [-0.15, -0.1) is 0 Å². The summed E-state index contributed by atoms with van der Waals surface area (Å²) in [6.45, 7) is 2.81. The highest BCUT2D eigenvalue weighted by Gasteiger charge is 2.28. The normalized spacial score (nSPS) is 18.4. The van der Waals surface area contributed by atoms with Crippen LogP contribution in [0.2, 0.25) is 0 Å². The van der Waals surface area contributed by atoms with E-state index in [2.05, 4.69) is 31.2 Å². The van der Waals surface area contributed by atoms with E-state index >= 15 is 0 Å². The number of hydrogen-bond donors (Lipinski definition) is 2. The van der Waals surface area contributed by atoms with E-state index in [0.29, 0.717) is 19.4 Å². The maximum atomic E-state index is 12.2. The fraction of sp³-hybridized carbons (Fsp3) is 0.630. The van der Waals surface area contributed by atoms with Crippen molar-refractivity contribution in [1.29, 1.82) is 0 Å². The summed E-state index contributed by atoms with van der Waals surface area (Å²) < 4.78 is 0. The van der Waals surface area contributed by atoms with Gasteiger partial charge in [0.2, 0.25) is 5.91 Å². The van der Waals surface area contributed by atoms with Crippen molar-refractivity contribution in [2.24, 2.45) is 5.92 Å². The van der Waals surface area contributed by atoms with E-state index in [1.165, 1.54) is 18.4 Å². The van der Waals surface area contributed by atoms with E-state index in [1.54, 1.807) is 0 Å². The topological polar surface area (TPSA) is 77.8 Å². The van der Waals surface area contributed by atoms with Crippen LogP contribution in [0, 0.1) is 5.92 Å². The molecule has 0 bridgehead atoms. The van der Waals surface area contributed by atoms with Gasteiger partial charge in [0.05, 0.1) is 12.1 Å². The molecule has 1 aliphatic rings. The van der Waals surface area contributed by atoms with Crippen molar-refractivity contribution in [1.82, 2.24) is 4.90 Å². The number of aliphatic hydroxyl groups is 1. The number of carbonyl (C=O) groups excluding carboxylic acids is 1. The number of carboxylic acid groups (broad SMARTS) is 1. The molecular formula is C27H41NO4. The number of aliphatic hydroxyl groups excluding tert-OH is 1. The van der Waals surface area contributed by atoms with E-state index in [-0.39, 0.29) is 24.3 Å². The number of aryl methyl sites for hydroxylation is 1. The molecule has 1 aliphatic heterocycles. The van der Waals surface area contributed by atoms with Crippen LogP contribution in [0.4, 0.5) is 0 Å². The van der Waals surface area contributed by atoms with Crippen LogP contribution >= 0.6 is 0 Å². The summed E-state index contributed by atoms with van der Waals surface area (Å²) in [5.74, 6) is -0.348. The third-order valence-electron chi connectivity index (χ3n) is 6.50. The van der Waals surface area contributed by atoms with Crippen LogP contribution in [-0.4, -0.2) is 45.7 Å². The lowest BCUT2D eigenvalue weighted by atomic mass is 9.95. The molecule has 0 saturated carbocycles. The molecule has 2 rings (SSSR count). The summed E-state index contributed by atoms with van der Waals surface area (Å²) in [5, 5.41) is 19.2. The zero-order valence-corrected chi connectivity index (χ0v) is 19.6. The average Bonchev–Trinajstić information content (AvgIpc) is 3.13. The molecule has 1 amide bonds. The quantitative estimate of drug-likeness (QED) is 0.266. The zero-order valence-electron chi connectivity index (χ0n) is 19.6. The summed E-state index contributed by atoms with van der Waals surface area (Å²) in [6, 6.07) is 10.6. The lowest BCUT2D eigenvalue weighted by molar-refractivity contribution is -0.137. The van der Waals surface area contributed by atoms with Crippen LogP contribution in [0.15, 0.2) is 42.5 Å². The molecule has 5 nitrogen and oxygen atoms in total. The van der Waals surface area contributed by atoms with Crippen molar-refractivity contribution in [3.8, 4) is 0 Å². The Balaban J connectivity index is 1.63. The monoisotopic (exact) mass is 443 g/mol. The molecule has 1 aromatic carbocycles. The van der Waals surface area contributed by atoms with E-state index in [0.717, 1.165) is 44.9 Å². The highest BCUT2D eigenvalue weighted by molar-refractivity contribution is 5.79. The number of amides is 1. The molecule has 5 heteroatoms. The van der Waals surface area contributed by atoms with E-state index in [4.69, 9.17) is 5.11 Å². The predicted molar refractivity (Wildman–Crippen MR) is 128 cm³/mol. The summed E-state index contributed by atoms with van der Waals surface area (Å²) in [4.78, 5) is 24.7. The molecule has 1 saturated heterocycles. The Morgan fingerprint density at radius 3 is 2.56 bits per heavy atom. The maximum absolute atomic E-state index is 12.2. The molecule has 3 atom stereocenters. The minimum Gasteiger partial charge on any atom is -0.481 e. The van der Waals surface area contributed by atoms with Gasteiger partial charge in [-0.3, -0.25) is 9.59 Å². The lowest BCUT2D eigenvalue weighted by Gasteiger charge is -2.23. The molecule has 0 radical (unpaired) electrons. The second-order valence-electron chi connectivity index (χ2n) is 9.19. The first-order chi connectivity index (χ1) is 15.5. The van der Waals surface area contributed by atoms with Gasteiger partial charge in [0.1, 0.15) is 0 Å². The minimum absolute atomic E-state index is 0.0780. The highest BCUT2D eigenvalue weighted by atomic mass is 16.4. The number of benzene rings is 1. The highest BCUT2D eigenvalue weighted by Crippen LogP contribution is 2.22. The molecular weight excluding hydrogens is 402 g/mol. The smallest absolute Gasteiger partial charge is 0.303 e. The molecule has 1 fully saturated rings. The first kappa shape index (κ1) is 26.1. The molecule has 0 aliphatic carbocycles. The summed E-state index contributed by atoms with van der Waals surface area (Å²) in [5.41, 5.74) is 1.39. The van der Waals surface area contributed by atoms with Gasteiger partial charge >= 0.3 is 5.97 Å². The van der Waals surface area contributed by atoms with Crippen molar-refractivity contribution in [2.75, 3.05) is 6.54 Å². The van der Waals surface area contributed by atoms with Crippen molar-refractivity contribution in [3.05, 3.63) is 48.0 Å². The first-order valence-electron chi connectivity index (χ1n) is 12.4. The zero-order chi connectivity index (χ0) is 23.2. The van der Waals surface area contributed by atoms with Crippen molar-refractivity contribution < 1.29 is 19.8 Å². The van der Waals surface area contributed by atoms with Crippen molar-refractivity contribution in [2.45, 2.75) is 96.1 Å². The molecule has 178 valence electrons. The molecule has 0 spiro atoms. The second kappa shape index (κ2) is 14.8. The molecule has 0 aromatic heterocycles. The summed E-state index contributed by atoms with van der Waals surface area (Å²) in [7, 11) is 0. The van der Waals surface area contributed by atoms with Crippen LogP contribution in [0.25, 0.3) is 0 Å². The number of nitrogens with zero attached hydrogens (tertiary/aromatic N) is 1. The van der Waals surface area contributed by atoms with Crippen LogP contribution in [0.3, 0.4) is 0 Å². The minimum atomic E-state index is -0.745. The van der Waals surface area contributed by atoms with Gasteiger partial charge in [-0.2, -0.15) is 0 Å². The SMILES string of the molecule is C[C@@H](CCCCCc1ccccc1)[C@H](O)/C=C/[C@H]1CCC(=O)N1CCCCCCC(=O)O. The third-order valence-corrected chi connectivity index (χ3v) is 6.50. The fourth-order valence-corrected chi connectivity index (χ4v) is 4.38. The van der Waals surface area contributed by atoms with Crippen LogP contribution in [0.5, 0.6) is 0 Å². The Labute approximate surface area is 193 Å².